The Morgan fingerprint density at radius 2 is 1.82 bits per heavy atom. The van der Waals surface area contributed by atoms with Crippen molar-refractivity contribution in [3.63, 3.8) is 0 Å². The van der Waals surface area contributed by atoms with Crippen LogP contribution in [0.1, 0.15) is 50.2 Å². The maximum atomic E-state index is 14.1. The summed E-state index contributed by atoms with van der Waals surface area (Å²) in [4.78, 5) is 27.8. The highest BCUT2D eigenvalue weighted by atomic mass is 35.5. The highest BCUT2D eigenvalue weighted by Gasteiger charge is 2.28. The van der Waals surface area contributed by atoms with Crippen molar-refractivity contribution < 1.29 is 14.0 Å². The molecule has 178 valence electrons. The van der Waals surface area contributed by atoms with Crippen molar-refractivity contribution in [1.82, 2.24) is 10.2 Å². The average molecular weight is 511 g/mol. The zero-order valence-corrected chi connectivity index (χ0v) is 21.0. The fourth-order valence-electron chi connectivity index (χ4n) is 3.93. The van der Waals surface area contributed by atoms with E-state index in [-0.39, 0.29) is 41.7 Å². The fourth-order valence-corrected chi connectivity index (χ4v) is 5.31. The van der Waals surface area contributed by atoms with Crippen molar-refractivity contribution >= 4 is 46.8 Å². The van der Waals surface area contributed by atoms with E-state index in [1.165, 1.54) is 24.2 Å². The van der Waals surface area contributed by atoms with Crippen LogP contribution in [0.5, 0.6) is 0 Å². The Morgan fingerprint density at radius 3 is 2.48 bits per heavy atom. The molecule has 0 aliphatic heterocycles. The number of rotatable bonds is 9. The molecule has 1 atom stereocenters. The predicted octanol–water partition coefficient (Wildman–Crippen LogP) is 6.23. The van der Waals surface area contributed by atoms with Crippen LogP contribution in [0.2, 0.25) is 10.0 Å². The second kappa shape index (κ2) is 12.6. The predicted molar refractivity (Wildman–Crippen MR) is 134 cm³/mol. The zero-order chi connectivity index (χ0) is 23.8. The van der Waals surface area contributed by atoms with Gasteiger partial charge in [-0.25, -0.2) is 4.39 Å². The van der Waals surface area contributed by atoms with Crippen molar-refractivity contribution in [1.29, 1.82) is 0 Å². The summed E-state index contributed by atoms with van der Waals surface area (Å²) in [6.07, 6.45) is 5.38. The van der Waals surface area contributed by atoms with Gasteiger partial charge in [0.1, 0.15) is 11.9 Å². The van der Waals surface area contributed by atoms with Gasteiger partial charge in [-0.3, -0.25) is 9.59 Å². The minimum atomic E-state index is -0.632. The van der Waals surface area contributed by atoms with E-state index < -0.39 is 6.04 Å². The number of carbonyl (C=O) groups excluding carboxylic acids is 2. The first-order valence-corrected chi connectivity index (χ1v) is 13.1. The lowest BCUT2D eigenvalue weighted by Crippen LogP contribution is -2.50. The van der Waals surface area contributed by atoms with Gasteiger partial charge < -0.3 is 10.2 Å². The Kier molecular flexibility index (Phi) is 9.90. The first-order chi connectivity index (χ1) is 15.8. The largest absolute Gasteiger partial charge is 0.352 e. The molecule has 1 N–H and O–H groups in total. The van der Waals surface area contributed by atoms with E-state index in [1.807, 2.05) is 12.1 Å². The van der Waals surface area contributed by atoms with E-state index in [2.05, 4.69) is 5.32 Å². The summed E-state index contributed by atoms with van der Waals surface area (Å²) in [6.45, 7) is 2.04. The lowest BCUT2D eigenvalue weighted by Gasteiger charge is -2.31. The Morgan fingerprint density at radius 1 is 1.12 bits per heavy atom. The van der Waals surface area contributed by atoms with E-state index in [9.17, 15) is 14.0 Å². The molecule has 2 aromatic carbocycles. The normalized spacial score (nSPS) is 15.2. The number of carbonyl (C=O) groups is 2. The van der Waals surface area contributed by atoms with Crippen molar-refractivity contribution in [3.8, 4) is 0 Å². The van der Waals surface area contributed by atoms with Crippen molar-refractivity contribution in [2.75, 3.05) is 5.75 Å². The van der Waals surface area contributed by atoms with E-state index in [1.54, 1.807) is 36.1 Å². The number of nitrogens with one attached hydrogen (secondary N) is 1. The molecule has 2 aromatic rings. The van der Waals surface area contributed by atoms with Crippen molar-refractivity contribution in [2.24, 2.45) is 0 Å². The molecule has 4 nitrogen and oxygen atoms in total. The molecule has 0 saturated heterocycles. The van der Waals surface area contributed by atoms with Crippen LogP contribution in [0.4, 0.5) is 4.39 Å². The topological polar surface area (TPSA) is 49.4 Å². The lowest BCUT2D eigenvalue weighted by molar-refractivity contribution is -0.139. The molecule has 33 heavy (non-hydrogen) atoms. The molecular formula is C25H29Cl2FN2O2S. The standard InChI is InChI=1S/C25H29Cl2FN2O2S/c1-17(25(32)29-20-6-3-2-4-7-20)30(14-18-10-12-19(26)13-11-18)24(31)16-33-15-21-22(27)8-5-9-23(21)28/h5,8-13,17,20H,2-4,6-7,14-16H2,1H3,(H,29,32)/t17-/m1/s1. The molecule has 0 heterocycles. The Labute approximate surface area is 209 Å². The van der Waals surface area contributed by atoms with E-state index in [0.717, 1.165) is 31.2 Å². The fraction of sp³-hybridized carbons (Fsp3) is 0.440. The molecule has 2 amide bonds. The number of amides is 2. The Balaban J connectivity index is 1.67. The van der Waals surface area contributed by atoms with Crippen LogP contribution in [-0.4, -0.2) is 34.6 Å². The van der Waals surface area contributed by atoms with Crippen molar-refractivity contribution in [2.45, 2.75) is 63.4 Å². The summed E-state index contributed by atoms with van der Waals surface area (Å²) in [5.41, 5.74) is 1.26. The van der Waals surface area contributed by atoms with Gasteiger partial charge in [-0.05, 0) is 49.6 Å². The number of thioether (sulfide) groups is 1. The van der Waals surface area contributed by atoms with Gasteiger partial charge in [-0.1, -0.05) is 60.7 Å². The molecule has 1 aliphatic carbocycles. The number of benzene rings is 2. The van der Waals surface area contributed by atoms with Crippen LogP contribution in [0.15, 0.2) is 42.5 Å². The van der Waals surface area contributed by atoms with E-state index in [0.29, 0.717) is 15.6 Å². The molecule has 1 fully saturated rings. The van der Waals surface area contributed by atoms with Gasteiger partial charge in [-0.2, -0.15) is 0 Å². The second-order valence-electron chi connectivity index (χ2n) is 8.36. The smallest absolute Gasteiger partial charge is 0.242 e. The molecule has 0 aromatic heterocycles. The zero-order valence-electron chi connectivity index (χ0n) is 18.7. The maximum absolute atomic E-state index is 14.1. The van der Waals surface area contributed by atoms with Gasteiger partial charge in [0.2, 0.25) is 11.8 Å². The molecule has 8 heteroatoms. The number of nitrogens with zero attached hydrogens (tertiary/aromatic N) is 1. The molecule has 0 radical (unpaired) electrons. The van der Waals surface area contributed by atoms with Crippen molar-refractivity contribution in [3.05, 3.63) is 69.5 Å². The number of halogens is 3. The molecule has 3 rings (SSSR count). The highest BCUT2D eigenvalue weighted by Crippen LogP contribution is 2.25. The summed E-state index contributed by atoms with van der Waals surface area (Å²) in [5, 5.41) is 4.07. The third kappa shape index (κ3) is 7.62. The number of hydrogen-bond donors (Lipinski definition) is 1. The summed E-state index contributed by atoms with van der Waals surface area (Å²) < 4.78 is 14.1. The summed E-state index contributed by atoms with van der Waals surface area (Å²) >= 11 is 13.4. The minimum Gasteiger partial charge on any atom is -0.352 e. The molecule has 1 saturated carbocycles. The first kappa shape index (κ1) is 25.9. The quantitative estimate of drug-likeness (QED) is 0.434. The maximum Gasteiger partial charge on any atom is 0.242 e. The minimum absolute atomic E-state index is 0.110. The van der Waals surface area contributed by atoms with Crippen LogP contribution in [-0.2, 0) is 21.9 Å². The number of hydrogen-bond acceptors (Lipinski definition) is 3. The van der Waals surface area contributed by atoms with Crippen LogP contribution < -0.4 is 5.32 Å². The van der Waals surface area contributed by atoms with Gasteiger partial charge in [0.25, 0.3) is 0 Å². The first-order valence-electron chi connectivity index (χ1n) is 11.2. The second-order valence-corrected chi connectivity index (χ2v) is 10.2. The van der Waals surface area contributed by atoms with E-state index >= 15 is 0 Å². The van der Waals surface area contributed by atoms with Crippen LogP contribution in [0.25, 0.3) is 0 Å². The molecular weight excluding hydrogens is 482 g/mol. The average Bonchev–Trinajstić information content (AvgIpc) is 2.80. The molecule has 0 unspecified atom stereocenters. The Bertz CT molecular complexity index is 932. The van der Waals surface area contributed by atoms with E-state index in [4.69, 9.17) is 23.2 Å². The monoisotopic (exact) mass is 510 g/mol. The summed E-state index contributed by atoms with van der Waals surface area (Å²) in [5.74, 6) is -0.339. The SMILES string of the molecule is C[C@H](C(=O)NC1CCCCC1)N(Cc1ccc(Cl)cc1)C(=O)CSCc1c(F)cccc1Cl. The molecule has 0 bridgehead atoms. The van der Waals surface area contributed by atoms with Gasteiger partial charge in [0.15, 0.2) is 0 Å². The lowest BCUT2D eigenvalue weighted by atomic mass is 9.95. The van der Waals surface area contributed by atoms with Crippen LogP contribution in [0, 0.1) is 5.82 Å². The third-order valence-electron chi connectivity index (χ3n) is 5.92. The van der Waals surface area contributed by atoms with Gasteiger partial charge in [-0.15, -0.1) is 11.8 Å². The van der Waals surface area contributed by atoms with Crippen LogP contribution in [0.3, 0.4) is 0 Å². The van der Waals surface area contributed by atoms with Gasteiger partial charge in [0.05, 0.1) is 5.75 Å². The summed E-state index contributed by atoms with van der Waals surface area (Å²) in [7, 11) is 0. The summed E-state index contributed by atoms with van der Waals surface area (Å²) in [6, 6.07) is 11.3. The molecule has 0 spiro atoms. The van der Waals surface area contributed by atoms with Gasteiger partial charge in [0, 0.05) is 33.9 Å². The van der Waals surface area contributed by atoms with Crippen LogP contribution >= 0.6 is 35.0 Å². The Hall–Kier alpha value is -1.76. The molecule has 1 aliphatic rings. The van der Waals surface area contributed by atoms with Gasteiger partial charge >= 0.3 is 0 Å². The third-order valence-corrected chi connectivity index (χ3v) is 7.47. The highest BCUT2D eigenvalue weighted by molar-refractivity contribution is 7.99.